The third-order valence-electron chi connectivity index (χ3n) is 4.10. The predicted octanol–water partition coefficient (Wildman–Crippen LogP) is 1.25. The lowest BCUT2D eigenvalue weighted by Crippen LogP contribution is -2.42. The third-order valence-corrected chi connectivity index (χ3v) is 4.10. The highest BCUT2D eigenvalue weighted by Gasteiger charge is 2.25. The van der Waals surface area contributed by atoms with Gasteiger partial charge in [0.25, 0.3) is 0 Å². The van der Waals surface area contributed by atoms with Crippen LogP contribution in [0.25, 0.3) is 0 Å². The standard InChI is InChI=1S/C15H26N2O4/c1-11(3-4-14(19)20)5-8-16-15(21)13-6-9-17(10-7-13)12(2)18/h11,13H,3-10H2,1-2H3,(H,16,21)(H,19,20). The van der Waals surface area contributed by atoms with Crippen molar-refractivity contribution in [2.24, 2.45) is 11.8 Å². The molecular weight excluding hydrogens is 272 g/mol. The van der Waals surface area contributed by atoms with Crippen molar-refractivity contribution in [3.8, 4) is 0 Å². The quantitative estimate of drug-likeness (QED) is 0.740. The van der Waals surface area contributed by atoms with Crippen molar-refractivity contribution in [1.82, 2.24) is 10.2 Å². The first-order valence-corrected chi connectivity index (χ1v) is 7.65. The van der Waals surface area contributed by atoms with E-state index in [1.54, 1.807) is 11.8 Å². The van der Waals surface area contributed by atoms with Gasteiger partial charge in [-0.1, -0.05) is 6.92 Å². The van der Waals surface area contributed by atoms with Gasteiger partial charge in [-0.3, -0.25) is 14.4 Å². The van der Waals surface area contributed by atoms with Gasteiger partial charge in [0, 0.05) is 38.9 Å². The lowest BCUT2D eigenvalue weighted by molar-refractivity contribution is -0.137. The van der Waals surface area contributed by atoms with Gasteiger partial charge in [-0.15, -0.1) is 0 Å². The summed E-state index contributed by atoms with van der Waals surface area (Å²) in [4.78, 5) is 35.5. The highest BCUT2D eigenvalue weighted by Crippen LogP contribution is 2.17. The molecule has 6 nitrogen and oxygen atoms in total. The fourth-order valence-corrected chi connectivity index (χ4v) is 2.56. The number of piperidine rings is 1. The molecule has 0 spiro atoms. The van der Waals surface area contributed by atoms with Gasteiger partial charge in [0.2, 0.25) is 11.8 Å². The maximum atomic E-state index is 12.0. The number of carboxylic acid groups (broad SMARTS) is 1. The number of nitrogens with zero attached hydrogens (tertiary/aromatic N) is 1. The summed E-state index contributed by atoms with van der Waals surface area (Å²) in [5.74, 6) is -0.358. The zero-order chi connectivity index (χ0) is 15.8. The lowest BCUT2D eigenvalue weighted by atomic mass is 9.95. The van der Waals surface area contributed by atoms with E-state index in [0.717, 1.165) is 19.3 Å². The minimum Gasteiger partial charge on any atom is -0.481 e. The van der Waals surface area contributed by atoms with Gasteiger partial charge in [-0.25, -0.2) is 0 Å². The molecule has 0 aliphatic carbocycles. The molecule has 0 aromatic rings. The molecule has 0 saturated carbocycles. The average Bonchev–Trinajstić information content (AvgIpc) is 2.45. The molecule has 6 heteroatoms. The van der Waals surface area contributed by atoms with E-state index in [1.165, 1.54) is 0 Å². The van der Waals surface area contributed by atoms with Gasteiger partial charge in [0.15, 0.2) is 0 Å². The number of carbonyl (C=O) groups is 3. The van der Waals surface area contributed by atoms with Gasteiger partial charge in [0.1, 0.15) is 0 Å². The molecule has 1 aliphatic rings. The Morgan fingerprint density at radius 3 is 2.38 bits per heavy atom. The van der Waals surface area contributed by atoms with Crippen LogP contribution in [0.15, 0.2) is 0 Å². The molecule has 0 aromatic carbocycles. The average molecular weight is 298 g/mol. The van der Waals surface area contributed by atoms with Gasteiger partial charge >= 0.3 is 5.97 Å². The molecular formula is C15H26N2O4. The minimum atomic E-state index is -0.775. The molecule has 0 bridgehead atoms. The van der Waals surface area contributed by atoms with Crippen LogP contribution in [-0.4, -0.2) is 47.4 Å². The molecule has 1 unspecified atom stereocenters. The van der Waals surface area contributed by atoms with E-state index in [0.29, 0.717) is 32.0 Å². The SMILES string of the molecule is CC(=O)N1CCC(C(=O)NCCC(C)CCC(=O)O)CC1. The van der Waals surface area contributed by atoms with E-state index in [2.05, 4.69) is 5.32 Å². The summed E-state index contributed by atoms with van der Waals surface area (Å²) < 4.78 is 0. The fraction of sp³-hybridized carbons (Fsp3) is 0.800. The molecule has 0 radical (unpaired) electrons. The largest absolute Gasteiger partial charge is 0.481 e. The molecule has 1 heterocycles. The topological polar surface area (TPSA) is 86.7 Å². The van der Waals surface area contributed by atoms with Crippen LogP contribution >= 0.6 is 0 Å². The van der Waals surface area contributed by atoms with Gasteiger partial charge in [-0.2, -0.15) is 0 Å². The van der Waals surface area contributed by atoms with Crippen LogP contribution < -0.4 is 5.32 Å². The van der Waals surface area contributed by atoms with Crippen molar-refractivity contribution >= 4 is 17.8 Å². The smallest absolute Gasteiger partial charge is 0.303 e. The number of aliphatic carboxylic acids is 1. The number of hydrogen-bond acceptors (Lipinski definition) is 3. The van der Waals surface area contributed by atoms with Crippen molar-refractivity contribution in [3.63, 3.8) is 0 Å². The second-order valence-corrected chi connectivity index (χ2v) is 5.90. The Balaban J connectivity index is 2.17. The first-order chi connectivity index (χ1) is 9.90. The second kappa shape index (κ2) is 8.64. The van der Waals surface area contributed by atoms with Gasteiger partial charge < -0.3 is 15.3 Å². The lowest BCUT2D eigenvalue weighted by Gasteiger charge is -2.30. The Bertz CT molecular complexity index is 376. The fourth-order valence-electron chi connectivity index (χ4n) is 2.56. The summed E-state index contributed by atoms with van der Waals surface area (Å²) >= 11 is 0. The van der Waals surface area contributed by atoms with Crippen LogP contribution in [0.1, 0.15) is 46.0 Å². The van der Waals surface area contributed by atoms with Crippen molar-refractivity contribution < 1.29 is 19.5 Å². The van der Waals surface area contributed by atoms with Crippen LogP contribution in [0.2, 0.25) is 0 Å². The third kappa shape index (κ3) is 6.60. The summed E-state index contributed by atoms with van der Waals surface area (Å²) in [5, 5.41) is 11.5. The monoisotopic (exact) mass is 298 g/mol. The molecule has 1 fully saturated rings. The number of carboxylic acids is 1. The molecule has 21 heavy (non-hydrogen) atoms. The minimum absolute atomic E-state index is 0.00470. The Morgan fingerprint density at radius 1 is 1.24 bits per heavy atom. The Morgan fingerprint density at radius 2 is 1.86 bits per heavy atom. The van der Waals surface area contributed by atoms with E-state index in [-0.39, 0.29) is 24.2 Å². The van der Waals surface area contributed by atoms with Crippen molar-refractivity contribution in [3.05, 3.63) is 0 Å². The van der Waals surface area contributed by atoms with Gasteiger partial charge in [-0.05, 0) is 31.6 Å². The number of rotatable bonds is 7. The normalized spacial score (nSPS) is 17.3. The van der Waals surface area contributed by atoms with Crippen LogP contribution in [0.4, 0.5) is 0 Å². The van der Waals surface area contributed by atoms with Crippen molar-refractivity contribution in [2.75, 3.05) is 19.6 Å². The molecule has 0 aromatic heterocycles. The molecule has 2 N–H and O–H groups in total. The first-order valence-electron chi connectivity index (χ1n) is 7.65. The van der Waals surface area contributed by atoms with Crippen LogP contribution in [0.5, 0.6) is 0 Å². The van der Waals surface area contributed by atoms with Crippen LogP contribution in [0, 0.1) is 11.8 Å². The van der Waals surface area contributed by atoms with Crippen molar-refractivity contribution in [2.45, 2.75) is 46.0 Å². The molecule has 1 atom stereocenters. The van der Waals surface area contributed by atoms with Crippen LogP contribution in [-0.2, 0) is 14.4 Å². The summed E-state index contributed by atoms with van der Waals surface area (Å²) in [6.45, 7) is 5.46. The van der Waals surface area contributed by atoms with Crippen molar-refractivity contribution in [1.29, 1.82) is 0 Å². The Labute approximate surface area is 125 Å². The number of carbonyl (C=O) groups excluding carboxylic acids is 2. The number of nitrogens with one attached hydrogen (secondary N) is 1. The Kier molecular flexibility index (Phi) is 7.19. The van der Waals surface area contributed by atoms with E-state index >= 15 is 0 Å². The summed E-state index contributed by atoms with van der Waals surface area (Å²) in [5.41, 5.74) is 0. The second-order valence-electron chi connectivity index (χ2n) is 5.90. The highest BCUT2D eigenvalue weighted by molar-refractivity contribution is 5.79. The molecule has 120 valence electrons. The maximum absolute atomic E-state index is 12.0. The maximum Gasteiger partial charge on any atom is 0.303 e. The van der Waals surface area contributed by atoms with E-state index < -0.39 is 5.97 Å². The molecule has 2 amide bonds. The summed E-state index contributed by atoms with van der Waals surface area (Å²) in [6.07, 6.45) is 3.06. The van der Waals surface area contributed by atoms with E-state index in [1.807, 2.05) is 6.92 Å². The van der Waals surface area contributed by atoms with Gasteiger partial charge in [0.05, 0.1) is 0 Å². The summed E-state index contributed by atoms with van der Waals surface area (Å²) in [6, 6.07) is 0. The molecule has 1 saturated heterocycles. The zero-order valence-corrected chi connectivity index (χ0v) is 12.9. The zero-order valence-electron chi connectivity index (χ0n) is 12.9. The Hall–Kier alpha value is -1.59. The van der Waals surface area contributed by atoms with Crippen LogP contribution in [0.3, 0.4) is 0 Å². The number of hydrogen-bond donors (Lipinski definition) is 2. The molecule has 1 aliphatic heterocycles. The first kappa shape index (κ1) is 17.5. The number of likely N-dealkylation sites (tertiary alicyclic amines) is 1. The highest BCUT2D eigenvalue weighted by atomic mass is 16.4. The molecule has 1 rings (SSSR count). The number of amides is 2. The van der Waals surface area contributed by atoms with E-state index in [4.69, 9.17) is 5.11 Å². The summed E-state index contributed by atoms with van der Waals surface area (Å²) in [7, 11) is 0. The van der Waals surface area contributed by atoms with E-state index in [9.17, 15) is 14.4 Å². The predicted molar refractivity (Wildman–Crippen MR) is 78.6 cm³/mol.